The van der Waals surface area contributed by atoms with Gasteiger partial charge in [0.15, 0.2) is 0 Å². The summed E-state index contributed by atoms with van der Waals surface area (Å²) in [4.78, 5) is 0. The van der Waals surface area contributed by atoms with E-state index < -0.39 is 5.60 Å². The molecule has 1 aromatic carbocycles. The molecule has 0 heterocycles. The number of aliphatic hydroxyl groups is 1. The van der Waals surface area contributed by atoms with E-state index in [2.05, 4.69) is 45.0 Å². The Labute approximate surface area is 130 Å². The summed E-state index contributed by atoms with van der Waals surface area (Å²) < 4.78 is 0. The summed E-state index contributed by atoms with van der Waals surface area (Å²) >= 11 is 0. The molecular weight excluding hydrogens is 258 g/mol. The first-order valence-electron chi connectivity index (χ1n) is 8.56. The Morgan fingerprint density at radius 1 is 1.14 bits per heavy atom. The number of nitrogens with two attached hydrogens (primary N) is 1. The van der Waals surface area contributed by atoms with Gasteiger partial charge < -0.3 is 10.8 Å². The van der Waals surface area contributed by atoms with Crippen molar-refractivity contribution in [3.8, 4) is 0 Å². The van der Waals surface area contributed by atoms with Crippen LogP contribution in [-0.4, -0.2) is 17.3 Å². The van der Waals surface area contributed by atoms with Gasteiger partial charge in [-0.2, -0.15) is 0 Å². The smallest absolute Gasteiger partial charge is 0.0650 e. The average Bonchev–Trinajstić information content (AvgIpc) is 2.46. The van der Waals surface area contributed by atoms with Crippen LogP contribution in [0.2, 0.25) is 0 Å². The highest BCUT2D eigenvalue weighted by Gasteiger charge is 2.24. The Hall–Kier alpha value is -0.860. The Kier molecular flexibility index (Phi) is 7.98. The molecule has 0 aliphatic heterocycles. The fourth-order valence-corrected chi connectivity index (χ4v) is 3.15. The highest BCUT2D eigenvalue weighted by molar-refractivity contribution is 5.26. The molecule has 120 valence electrons. The number of hydrogen-bond acceptors (Lipinski definition) is 2. The third kappa shape index (κ3) is 6.19. The fraction of sp³-hybridized carbons (Fsp3) is 0.684. The van der Waals surface area contributed by atoms with Crippen molar-refractivity contribution < 1.29 is 5.11 Å². The maximum Gasteiger partial charge on any atom is 0.0650 e. The highest BCUT2D eigenvalue weighted by atomic mass is 16.3. The molecule has 0 radical (unpaired) electrons. The van der Waals surface area contributed by atoms with Gasteiger partial charge in [0.05, 0.1) is 5.60 Å². The van der Waals surface area contributed by atoms with E-state index in [-0.39, 0.29) is 0 Å². The van der Waals surface area contributed by atoms with E-state index >= 15 is 0 Å². The van der Waals surface area contributed by atoms with Crippen LogP contribution in [0.1, 0.15) is 76.3 Å². The maximum absolute atomic E-state index is 10.7. The average molecular weight is 291 g/mol. The van der Waals surface area contributed by atoms with Crippen molar-refractivity contribution in [2.45, 2.75) is 77.2 Å². The number of rotatable bonds is 10. The molecule has 21 heavy (non-hydrogen) atoms. The number of aryl methyl sites for hydroxylation is 1. The molecule has 0 aromatic heterocycles. The van der Waals surface area contributed by atoms with Crippen molar-refractivity contribution in [1.29, 1.82) is 0 Å². The standard InChI is InChI=1S/C19H33NO/c1-4-11-19(21,12-5-2)13-9-17-7-6-8-18(15-17)16(3)10-14-20/h6-8,15-16,21H,4-5,9-14,20H2,1-3H3. The van der Waals surface area contributed by atoms with Crippen LogP contribution >= 0.6 is 0 Å². The minimum atomic E-state index is -0.484. The molecule has 1 aromatic rings. The molecule has 3 N–H and O–H groups in total. The minimum Gasteiger partial charge on any atom is -0.390 e. The second kappa shape index (κ2) is 9.22. The van der Waals surface area contributed by atoms with Crippen molar-refractivity contribution in [2.75, 3.05) is 6.54 Å². The predicted molar refractivity (Wildman–Crippen MR) is 91.6 cm³/mol. The van der Waals surface area contributed by atoms with Crippen LogP contribution in [0.15, 0.2) is 24.3 Å². The lowest BCUT2D eigenvalue weighted by molar-refractivity contribution is 0.0132. The van der Waals surface area contributed by atoms with Gasteiger partial charge in [0.25, 0.3) is 0 Å². The van der Waals surface area contributed by atoms with Crippen LogP contribution in [0.3, 0.4) is 0 Å². The lowest BCUT2D eigenvalue weighted by atomic mass is 9.86. The summed E-state index contributed by atoms with van der Waals surface area (Å²) in [6.45, 7) is 7.26. The van der Waals surface area contributed by atoms with Crippen LogP contribution in [0.4, 0.5) is 0 Å². The normalized spacial score (nSPS) is 13.4. The molecule has 2 nitrogen and oxygen atoms in total. The maximum atomic E-state index is 10.7. The summed E-state index contributed by atoms with van der Waals surface area (Å²) in [7, 11) is 0. The molecule has 0 spiro atoms. The topological polar surface area (TPSA) is 46.2 Å². The largest absolute Gasteiger partial charge is 0.390 e. The second-order valence-electron chi connectivity index (χ2n) is 6.45. The molecule has 2 heteroatoms. The van der Waals surface area contributed by atoms with Crippen molar-refractivity contribution in [3.05, 3.63) is 35.4 Å². The molecule has 0 aliphatic rings. The Balaban J connectivity index is 2.67. The monoisotopic (exact) mass is 291 g/mol. The molecule has 0 bridgehead atoms. The Bertz CT molecular complexity index is 396. The summed E-state index contributed by atoms with van der Waals surface area (Å²) in [5, 5.41) is 10.7. The summed E-state index contributed by atoms with van der Waals surface area (Å²) in [5.41, 5.74) is 7.87. The molecular formula is C19H33NO. The number of hydrogen-bond donors (Lipinski definition) is 2. The summed E-state index contributed by atoms with van der Waals surface area (Å²) in [6, 6.07) is 8.79. The first kappa shape index (κ1) is 18.2. The van der Waals surface area contributed by atoms with E-state index in [1.54, 1.807) is 0 Å². The van der Waals surface area contributed by atoms with Crippen LogP contribution in [-0.2, 0) is 6.42 Å². The lowest BCUT2D eigenvalue weighted by Gasteiger charge is -2.27. The quantitative estimate of drug-likeness (QED) is 0.671. The van der Waals surface area contributed by atoms with Crippen molar-refractivity contribution in [2.24, 2.45) is 5.73 Å². The van der Waals surface area contributed by atoms with Gasteiger partial charge in [-0.25, -0.2) is 0 Å². The number of benzene rings is 1. The van der Waals surface area contributed by atoms with Gasteiger partial charge in [-0.15, -0.1) is 0 Å². The molecule has 0 saturated heterocycles. The molecule has 0 amide bonds. The van der Waals surface area contributed by atoms with Crippen molar-refractivity contribution in [1.82, 2.24) is 0 Å². The van der Waals surface area contributed by atoms with Gasteiger partial charge in [-0.1, -0.05) is 57.9 Å². The lowest BCUT2D eigenvalue weighted by Crippen LogP contribution is -2.28. The summed E-state index contributed by atoms with van der Waals surface area (Å²) in [6.07, 6.45) is 6.75. The van der Waals surface area contributed by atoms with Crippen LogP contribution in [0.25, 0.3) is 0 Å². The van der Waals surface area contributed by atoms with Crippen LogP contribution in [0.5, 0.6) is 0 Å². The minimum absolute atomic E-state index is 0.484. The van der Waals surface area contributed by atoms with Gasteiger partial charge in [-0.3, -0.25) is 0 Å². The molecule has 0 aliphatic carbocycles. The van der Waals surface area contributed by atoms with Crippen molar-refractivity contribution >= 4 is 0 Å². The van der Waals surface area contributed by atoms with Gasteiger partial charge >= 0.3 is 0 Å². The van der Waals surface area contributed by atoms with Gasteiger partial charge in [-0.05, 0) is 55.7 Å². The van der Waals surface area contributed by atoms with Gasteiger partial charge in [0.1, 0.15) is 0 Å². The van der Waals surface area contributed by atoms with Gasteiger partial charge in [0.2, 0.25) is 0 Å². The molecule has 0 saturated carbocycles. The zero-order valence-electron chi connectivity index (χ0n) is 14.1. The fourth-order valence-electron chi connectivity index (χ4n) is 3.15. The van der Waals surface area contributed by atoms with Crippen LogP contribution in [0, 0.1) is 0 Å². The first-order chi connectivity index (χ1) is 10.0. The molecule has 1 atom stereocenters. The Morgan fingerprint density at radius 2 is 1.81 bits per heavy atom. The van der Waals surface area contributed by atoms with Crippen LogP contribution < -0.4 is 5.73 Å². The molecule has 1 rings (SSSR count). The zero-order valence-corrected chi connectivity index (χ0v) is 14.1. The van der Waals surface area contributed by atoms with E-state index in [4.69, 9.17) is 5.73 Å². The van der Waals surface area contributed by atoms with Gasteiger partial charge in [0, 0.05) is 0 Å². The highest BCUT2D eigenvalue weighted by Crippen LogP contribution is 2.26. The Morgan fingerprint density at radius 3 is 2.38 bits per heavy atom. The zero-order chi connectivity index (χ0) is 15.7. The van der Waals surface area contributed by atoms with E-state index in [0.29, 0.717) is 5.92 Å². The SMILES string of the molecule is CCCC(O)(CCC)CCc1cccc(C(C)CCN)c1. The predicted octanol–water partition coefficient (Wildman–Crippen LogP) is 4.40. The summed E-state index contributed by atoms with van der Waals surface area (Å²) in [5.74, 6) is 0.514. The molecule has 0 fully saturated rings. The van der Waals surface area contributed by atoms with E-state index in [1.807, 2.05) is 0 Å². The first-order valence-corrected chi connectivity index (χ1v) is 8.56. The third-order valence-electron chi connectivity index (χ3n) is 4.43. The molecule has 1 unspecified atom stereocenters. The van der Waals surface area contributed by atoms with E-state index in [9.17, 15) is 5.11 Å². The van der Waals surface area contributed by atoms with Crippen molar-refractivity contribution in [3.63, 3.8) is 0 Å². The second-order valence-corrected chi connectivity index (χ2v) is 6.45. The van der Waals surface area contributed by atoms with E-state index in [0.717, 1.165) is 51.5 Å². The third-order valence-corrected chi connectivity index (χ3v) is 4.43. The van der Waals surface area contributed by atoms with E-state index in [1.165, 1.54) is 11.1 Å².